The van der Waals surface area contributed by atoms with E-state index in [1.807, 2.05) is 0 Å². The molecule has 2 nitrogen and oxygen atoms in total. The lowest BCUT2D eigenvalue weighted by Crippen LogP contribution is -2.06. The third-order valence-corrected chi connectivity index (χ3v) is 2.85. The number of hydrogen-bond donors (Lipinski definition) is 1. The summed E-state index contributed by atoms with van der Waals surface area (Å²) in [5, 5.41) is 0. The second-order valence-electron chi connectivity index (χ2n) is 4.30. The van der Waals surface area contributed by atoms with E-state index in [9.17, 15) is 13.2 Å². The molecule has 0 saturated carbocycles. The molecule has 0 aliphatic carbocycles. The molecule has 0 saturated heterocycles. The fourth-order valence-electron chi connectivity index (χ4n) is 1.88. The Morgan fingerprint density at radius 2 is 1.60 bits per heavy atom. The minimum absolute atomic E-state index is 0.110. The average molecular weight is 278 g/mol. The van der Waals surface area contributed by atoms with Crippen molar-refractivity contribution in [1.29, 1.82) is 0 Å². The molecule has 0 heterocycles. The molecule has 0 unspecified atom stereocenters. The zero-order valence-corrected chi connectivity index (χ0v) is 10.8. The predicted octanol–water partition coefficient (Wildman–Crippen LogP) is 4.43. The molecule has 5 heteroatoms. The molecular formula is C15H13F3N2. The first-order chi connectivity index (χ1) is 9.39. The van der Waals surface area contributed by atoms with Crippen LogP contribution in [0.5, 0.6) is 0 Å². The van der Waals surface area contributed by atoms with Gasteiger partial charge < -0.3 is 5.73 Å². The Bertz CT molecular complexity index is 646. The zero-order chi connectivity index (χ0) is 14.8. The fourth-order valence-corrected chi connectivity index (χ4v) is 1.88. The standard InChI is InChI=1S/C15H13F3N2/c1-10(11-6-2-4-8-13(11)19)20-14-9-5-3-7-12(14)15(16,17)18/h2-9H,19H2,1H3. The summed E-state index contributed by atoms with van der Waals surface area (Å²) in [5.41, 5.74) is 6.49. The van der Waals surface area contributed by atoms with Crippen molar-refractivity contribution in [2.45, 2.75) is 13.1 Å². The number of halogens is 3. The summed E-state index contributed by atoms with van der Waals surface area (Å²) in [6.45, 7) is 1.64. The lowest BCUT2D eigenvalue weighted by atomic mass is 10.1. The normalized spacial score (nSPS) is 12.5. The smallest absolute Gasteiger partial charge is 0.398 e. The van der Waals surface area contributed by atoms with Crippen LogP contribution in [0.15, 0.2) is 53.5 Å². The van der Waals surface area contributed by atoms with Crippen molar-refractivity contribution < 1.29 is 13.2 Å². The van der Waals surface area contributed by atoms with E-state index in [2.05, 4.69) is 4.99 Å². The molecule has 2 N–H and O–H groups in total. The van der Waals surface area contributed by atoms with E-state index in [-0.39, 0.29) is 5.69 Å². The molecule has 104 valence electrons. The summed E-state index contributed by atoms with van der Waals surface area (Å²) >= 11 is 0. The molecule has 0 aliphatic rings. The SMILES string of the molecule is CC(=Nc1ccccc1C(F)(F)F)c1ccccc1N. The highest BCUT2D eigenvalue weighted by molar-refractivity contribution is 6.04. The van der Waals surface area contributed by atoms with Crippen LogP contribution >= 0.6 is 0 Å². The van der Waals surface area contributed by atoms with Gasteiger partial charge in [0.15, 0.2) is 0 Å². The summed E-state index contributed by atoms with van der Waals surface area (Å²) in [5.74, 6) is 0. The highest BCUT2D eigenvalue weighted by Crippen LogP contribution is 2.36. The largest absolute Gasteiger partial charge is 0.418 e. The van der Waals surface area contributed by atoms with E-state index in [0.29, 0.717) is 17.0 Å². The van der Waals surface area contributed by atoms with Crippen LogP contribution in [0.4, 0.5) is 24.5 Å². The van der Waals surface area contributed by atoms with Gasteiger partial charge in [0.1, 0.15) is 0 Å². The van der Waals surface area contributed by atoms with Crippen LogP contribution in [-0.2, 0) is 6.18 Å². The van der Waals surface area contributed by atoms with Crippen LogP contribution < -0.4 is 5.73 Å². The van der Waals surface area contributed by atoms with Gasteiger partial charge in [0, 0.05) is 17.0 Å². The van der Waals surface area contributed by atoms with E-state index in [1.165, 1.54) is 18.2 Å². The molecule has 2 rings (SSSR count). The molecule has 0 amide bonds. The van der Waals surface area contributed by atoms with Gasteiger partial charge in [0.2, 0.25) is 0 Å². The minimum Gasteiger partial charge on any atom is -0.398 e. The van der Waals surface area contributed by atoms with Crippen LogP contribution in [-0.4, -0.2) is 5.71 Å². The number of hydrogen-bond acceptors (Lipinski definition) is 2. The van der Waals surface area contributed by atoms with Crippen molar-refractivity contribution in [2.75, 3.05) is 5.73 Å². The first-order valence-electron chi connectivity index (χ1n) is 5.96. The van der Waals surface area contributed by atoms with E-state index >= 15 is 0 Å². The number of benzene rings is 2. The van der Waals surface area contributed by atoms with Crippen LogP contribution in [0.3, 0.4) is 0 Å². The van der Waals surface area contributed by atoms with Gasteiger partial charge in [-0.1, -0.05) is 30.3 Å². The number of nitrogen functional groups attached to an aromatic ring is 1. The van der Waals surface area contributed by atoms with E-state index in [0.717, 1.165) is 6.07 Å². The molecule has 0 atom stereocenters. The summed E-state index contributed by atoms with van der Waals surface area (Å²) < 4.78 is 38.7. The van der Waals surface area contributed by atoms with Gasteiger partial charge >= 0.3 is 6.18 Å². The van der Waals surface area contributed by atoms with Gasteiger partial charge in [-0.05, 0) is 25.1 Å². The highest BCUT2D eigenvalue weighted by Gasteiger charge is 2.33. The van der Waals surface area contributed by atoms with Crippen molar-refractivity contribution >= 4 is 17.1 Å². The van der Waals surface area contributed by atoms with Gasteiger partial charge in [-0.3, -0.25) is 4.99 Å². The second-order valence-corrected chi connectivity index (χ2v) is 4.30. The van der Waals surface area contributed by atoms with Gasteiger partial charge in [-0.2, -0.15) is 13.2 Å². The molecule has 0 fully saturated rings. The summed E-state index contributed by atoms with van der Waals surface area (Å²) in [6, 6.07) is 12.2. The quantitative estimate of drug-likeness (QED) is 0.640. The second kappa shape index (κ2) is 5.36. The topological polar surface area (TPSA) is 38.4 Å². The molecule has 2 aromatic rings. The number of para-hydroxylation sites is 2. The number of anilines is 1. The van der Waals surface area contributed by atoms with Crippen LogP contribution in [0.1, 0.15) is 18.1 Å². The Hall–Kier alpha value is -2.30. The zero-order valence-electron chi connectivity index (χ0n) is 10.8. The van der Waals surface area contributed by atoms with Gasteiger partial charge in [0.05, 0.1) is 11.3 Å². The van der Waals surface area contributed by atoms with Crippen LogP contribution in [0, 0.1) is 0 Å². The number of rotatable bonds is 2. The Labute approximate surface area is 114 Å². The maximum Gasteiger partial charge on any atom is 0.418 e. The molecular weight excluding hydrogens is 265 g/mol. The Morgan fingerprint density at radius 1 is 1.00 bits per heavy atom. The van der Waals surface area contributed by atoms with Crippen LogP contribution in [0.25, 0.3) is 0 Å². The monoisotopic (exact) mass is 278 g/mol. The highest BCUT2D eigenvalue weighted by atomic mass is 19.4. The molecule has 20 heavy (non-hydrogen) atoms. The van der Waals surface area contributed by atoms with Crippen molar-refractivity contribution in [3.8, 4) is 0 Å². The number of nitrogens with two attached hydrogens (primary N) is 1. The van der Waals surface area contributed by atoms with Crippen molar-refractivity contribution in [3.63, 3.8) is 0 Å². The predicted molar refractivity (Wildman–Crippen MR) is 74.2 cm³/mol. The Balaban J connectivity index is 2.49. The lowest BCUT2D eigenvalue weighted by molar-refractivity contribution is -0.137. The average Bonchev–Trinajstić information content (AvgIpc) is 2.38. The fraction of sp³-hybridized carbons (Fsp3) is 0.133. The van der Waals surface area contributed by atoms with E-state index in [4.69, 9.17) is 5.73 Å². The number of aliphatic imine (C=N–C) groups is 1. The maximum absolute atomic E-state index is 12.9. The third kappa shape index (κ3) is 2.99. The van der Waals surface area contributed by atoms with Gasteiger partial charge in [-0.15, -0.1) is 0 Å². The molecule has 0 radical (unpaired) electrons. The first-order valence-corrected chi connectivity index (χ1v) is 5.96. The number of nitrogens with zero attached hydrogens (tertiary/aromatic N) is 1. The van der Waals surface area contributed by atoms with E-state index in [1.54, 1.807) is 31.2 Å². The summed E-state index contributed by atoms with van der Waals surface area (Å²) in [4.78, 5) is 4.07. The van der Waals surface area contributed by atoms with Gasteiger partial charge in [0.25, 0.3) is 0 Å². The molecule has 0 aliphatic heterocycles. The Kier molecular flexibility index (Phi) is 3.79. The molecule has 0 spiro atoms. The van der Waals surface area contributed by atoms with Crippen LogP contribution in [0.2, 0.25) is 0 Å². The lowest BCUT2D eigenvalue weighted by Gasteiger charge is -2.11. The van der Waals surface area contributed by atoms with Crippen molar-refractivity contribution in [1.82, 2.24) is 0 Å². The summed E-state index contributed by atoms with van der Waals surface area (Å²) in [7, 11) is 0. The van der Waals surface area contributed by atoms with E-state index < -0.39 is 11.7 Å². The van der Waals surface area contributed by atoms with Crippen molar-refractivity contribution in [3.05, 3.63) is 59.7 Å². The minimum atomic E-state index is -4.43. The first kappa shape index (κ1) is 14.1. The van der Waals surface area contributed by atoms with Crippen molar-refractivity contribution in [2.24, 2.45) is 4.99 Å². The van der Waals surface area contributed by atoms with Gasteiger partial charge in [-0.25, -0.2) is 0 Å². The maximum atomic E-state index is 12.9. The molecule has 0 bridgehead atoms. The summed E-state index contributed by atoms with van der Waals surface area (Å²) in [6.07, 6.45) is -4.43. The molecule has 2 aromatic carbocycles. The Morgan fingerprint density at radius 3 is 2.25 bits per heavy atom. The molecule has 0 aromatic heterocycles. The number of alkyl halides is 3. The third-order valence-electron chi connectivity index (χ3n) is 2.85.